The van der Waals surface area contributed by atoms with Crippen molar-refractivity contribution >= 4 is 0 Å². The molecule has 15 atom stereocenters. The Labute approximate surface area is 649 Å². The molecule has 0 aromatic heterocycles. The van der Waals surface area contributed by atoms with Gasteiger partial charge in [0.15, 0.2) is 0 Å². The molecule has 103 heavy (non-hydrogen) atoms. The molecule has 0 saturated heterocycles. The van der Waals surface area contributed by atoms with E-state index in [9.17, 15) is 30.7 Å². The highest BCUT2D eigenvalue weighted by atomic mass is 19.3. The summed E-state index contributed by atoms with van der Waals surface area (Å²) in [5.74, 6) is 12.2. The van der Waals surface area contributed by atoms with Crippen molar-refractivity contribution in [1.29, 1.82) is 0 Å². The second-order valence-corrected chi connectivity index (χ2v) is 37.5. The lowest BCUT2D eigenvalue weighted by molar-refractivity contribution is -0.0289. The molecule has 0 bridgehead atoms. The van der Waals surface area contributed by atoms with Crippen LogP contribution in [0, 0.1) is 123 Å². The van der Waals surface area contributed by atoms with Gasteiger partial charge in [0, 0.05) is 12.8 Å². The van der Waals surface area contributed by atoms with Crippen LogP contribution in [0.1, 0.15) is 463 Å². The second-order valence-electron chi connectivity index (χ2n) is 37.5. The van der Waals surface area contributed by atoms with E-state index in [1.807, 2.05) is 132 Å². The summed E-state index contributed by atoms with van der Waals surface area (Å²) in [6, 6.07) is 0. The van der Waals surface area contributed by atoms with Crippen molar-refractivity contribution in [2.45, 2.75) is 499 Å². The Kier molecular flexibility index (Phi) is 70.9. The molecular formula is C96H199F7. The van der Waals surface area contributed by atoms with E-state index < -0.39 is 35.8 Å². The highest BCUT2D eigenvalue weighted by molar-refractivity contribution is 4.99. The Balaban J connectivity index is -0.000000193. The standard InChI is InChI=1S/C10H18.C9H17F.C9H18.3C7H13F.C7H14.C6H10F2.C6H11F.2C6H12.8C2H6/c1-10(2,3)9-5-7-4-8(7)6-9;1-8(2,3)7-5-9(4,10)6-7;1-9(2,3)8-6-4-5-7-8;2*1-5-3-6(2)7(8)4-5;1-6-3-4-7(2,8)5-6;1-6-3-4-7(2)5-6;1-5-2-3-6(7,8)4-5;1-5-2-3-6(7)4-5;2*1-5-3-6(2)4-5;8*1-2/h7-9H,4-6H2,1-3H3;7H,5-6H2,1-4H3;8H,4-7H2,1-3H3;2*5-7H,3-4H2,1-2H3;6H,3-5H2,1-2H3;6-7H,3-5H2,1-2H3;5H,2-4H2,1H3;5-6H,2-4H2,1H3;2*5-6H,3-4H2,1-2H3;8*1-2H3/t;;;5-,6+,7-;5-,6-,7-;6-,7?;6-,7+;5-;5-,6-;;;;;;;;;;/m...011.00........../s1. The van der Waals surface area contributed by atoms with Crippen molar-refractivity contribution in [3.63, 3.8) is 0 Å². The van der Waals surface area contributed by atoms with E-state index >= 15 is 0 Å². The number of halogens is 7. The van der Waals surface area contributed by atoms with E-state index in [1.54, 1.807) is 20.3 Å². The lowest BCUT2D eigenvalue weighted by Gasteiger charge is -2.46. The molecule has 3 unspecified atom stereocenters. The van der Waals surface area contributed by atoms with E-state index in [0.29, 0.717) is 64.1 Å². The molecule has 0 radical (unpaired) electrons. The van der Waals surface area contributed by atoms with E-state index in [0.717, 1.165) is 136 Å². The summed E-state index contributed by atoms with van der Waals surface area (Å²) in [5, 5.41) is 0. The van der Waals surface area contributed by atoms with Crippen LogP contribution in [-0.4, -0.2) is 35.8 Å². The number of fused-ring (bicyclic) bond motifs is 1. The zero-order valence-electron chi connectivity index (χ0n) is 78.3. The third-order valence-corrected chi connectivity index (χ3v) is 23.0. The van der Waals surface area contributed by atoms with Crippen LogP contribution >= 0.6 is 0 Å². The number of rotatable bonds is 0. The van der Waals surface area contributed by atoms with Crippen molar-refractivity contribution in [2.75, 3.05) is 0 Å². The molecule has 12 rings (SSSR count). The van der Waals surface area contributed by atoms with Crippen molar-refractivity contribution in [2.24, 2.45) is 123 Å². The van der Waals surface area contributed by atoms with Gasteiger partial charge in [-0.2, -0.15) is 0 Å². The van der Waals surface area contributed by atoms with Gasteiger partial charge in [-0.25, -0.2) is 30.7 Å². The molecule has 12 saturated carbocycles. The van der Waals surface area contributed by atoms with Gasteiger partial charge in [0.25, 0.3) is 0 Å². The van der Waals surface area contributed by atoms with Crippen LogP contribution in [0.2, 0.25) is 0 Å². The predicted molar refractivity (Wildman–Crippen MR) is 458 cm³/mol. The number of hydrogen-bond acceptors (Lipinski definition) is 0. The fraction of sp³-hybridized carbons (Fsp3) is 1.00. The van der Waals surface area contributed by atoms with Crippen molar-refractivity contribution in [3.8, 4) is 0 Å². The number of alkyl halides is 7. The molecule has 0 aliphatic heterocycles. The first-order valence-electron chi connectivity index (χ1n) is 45.4. The average Bonchev–Trinajstić information content (AvgIpc) is 1.74. The fourth-order valence-electron chi connectivity index (χ4n) is 16.7. The Bertz CT molecular complexity index is 1620. The first-order chi connectivity index (χ1) is 47.7. The Morgan fingerprint density at radius 2 is 0.544 bits per heavy atom. The number of hydrogen-bond donors (Lipinski definition) is 0. The molecular weight excluding hydrogens is 1290 g/mol. The minimum absolute atomic E-state index is 0.104. The highest BCUT2D eigenvalue weighted by Crippen LogP contribution is 2.58. The summed E-state index contributed by atoms with van der Waals surface area (Å²) in [4.78, 5) is 0. The highest BCUT2D eigenvalue weighted by Gasteiger charge is 2.49. The molecule has 12 aliphatic carbocycles. The van der Waals surface area contributed by atoms with Crippen LogP contribution in [0.4, 0.5) is 30.7 Å². The van der Waals surface area contributed by atoms with Crippen molar-refractivity contribution in [1.82, 2.24) is 0 Å². The van der Waals surface area contributed by atoms with Crippen molar-refractivity contribution in [3.05, 3.63) is 0 Å². The maximum Gasteiger partial charge on any atom is 0.248 e. The molecule has 0 aromatic rings. The molecule has 0 spiro atoms. The Morgan fingerprint density at radius 1 is 0.252 bits per heavy atom. The smallest absolute Gasteiger partial charge is 0.247 e. The molecule has 7 heteroatoms. The molecule has 0 N–H and O–H groups in total. The lowest BCUT2D eigenvalue weighted by Crippen LogP contribution is -2.43. The molecule has 0 heterocycles. The van der Waals surface area contributed by atoms with Gasteiger partial charge in [-0.3, -0.25) is 0 Å². The summed E-state index contributed by atoms with van der Waals surface area (Å²) >= 11 is 0. The SMILES string of the molecule is CC.CC.CC.CC.CC.CC.CC.CC.CC(C)(C)C1CC2CC2C1.CC(C)(C)C1CCCC1.CC1(F)CC(C(C)(C)C)C1.CC1CC(C)C1.CC1CC(C)C1.C[C@@H]1CCC(C)(F)C1.C[C@@H]1CC[C@H](C)C1.C[C@@H]1C[C@@H](C)[C@H](F)C1.C[C@H]1CCC(F)(F)C1.C[C@H]1CC[C@H](F)C1.C[C@H]1C[C@@H](C)[C@@H](F)C1. The van der Waals surface area contributed by atoms with Crippen LogP contribution in [0.25, 0.3) is 0 Å². The normalized spacial score (nSPS) is 35.7. The van der Waals surface area contributed by atoms with E-state index in [4.69, 9.17) is 0 Å². The molecule has 12 aliphatic rings. The molecule has 0 amide bonds. The molecule has 0 nitrogen and oxygen atoms in total. The minimum atomic E-state index is -2.33. The molecule has 0 aromatic carbocycles. The van der Waals surface area contributed by atoms with Gasteiger partial charge in [0.2, 0.25) is 5.92 Å². The fourth-order valence-corrected chi connectivity index (χ4v) is 16.7. The summed E-state index contributed by atoms with van der Waals surface area (Å²) < 4.78 is 87.5. The largest absolute Gasteiger partial charge is 0.248 e. The van der Waals surface area contributed by atoms with Gasteiger partial charge in [-0.1, -0.05) is 289 Å². The van der Waals surface area contributed by atoms with Crippen LogP contribution < -0.4 is 0 Å². The van der Waals surface area contributed by atoms with Crippen LogP contribution in [-0.2, 0) is 0 Å². The Morgan fingerprint density at radius 3 is 0.650 bits per heavy atom. The first-order valence-corrected chi connectivity index (χ1v) is 45.4. The third-order valence-electron chi connectivity index (χ3n) is 23.0. The van der Waals surface area contributed by atoms with E-state index in [-0.39, 0.29) is 18.8 Å². The van der Waals surface area contributed by atoms with Gasteiger partial charge in [-0.05, 0) is 284 Å². The van der Waals surface area contributed by atoms with Crippen molar-refractivity contribution < 1.29 is 30.7 Å². The summed E-state index contributed by atoms with van der Waals surface area (Å²) in [7, 11) is 0. The second kappa shape index (κ2) is 63.1. The maximum absolute atomic E-state index is 13.0. The summed E-state index contributed by atoms with van der Waals surface area (Å²) in [6.07, 6.45) is 30.9. The van der Waals surface area contributed by atoms with Gasteiger partial charge >= 0.3 is 0 Å². The molecule has 12 fully saturated rings. The third kappa shape index (κ3) is 60.9. The van der Waals surface area contributed by atoms with Gasteiger partial charge in [-0.15, -0.1) is 0 Å². The zero-order chi connectivity index (χ0) is 82.6. The first kappa shape index (κ1) is 116. The molecule has 632 valence electrons. The Hall–Kier alpha value is -0.490. The lowest BCUT2D eigenvalue weighted by atomic mass is 9.62. The monoisotopic (exact) mass is 1490 g/mol. The average molecular weight is 1490 g/mol. The maximum atomic E-state index is 13.0. The van der Waals surface area contributed by atoms with Crippen LogP contribution in [0.15, 0.2) is 0 Å². The van der Waals surface area contributed by atoms with Gasteiger partial charge < -0.3 is 0 Å². The summed E-state index contributed by atoms with van der Waals surface area (Å²) in [5.41, 5.74) is -0.202. The van der Waals surface area contributed by atoms with Gasteiger partial charge in [0.05, 0.1) is 0 Å². The van der Waals surface area contributed by atoms with Crippen LogP contribution in [0.3, 0.4) is 0 Å². The van der Waals surface area contributed by atoms with Gasteiger partial charge in [0.1, 0.15) is 29.9 Å². The quantitative estimate of drug-likeness (QED) is 0.212. The van der Waals surface area contributed by atoms with Crippen LogP contribution in [0.5, 0.6) is 0 Å². The van der Waals surface area contributed by atoms with E-state index in [1.165, 1.54) is 83.5 Å². The predicted octanol–water partition coefficient (Wildman–Crippen LogP) is 36.1. The summed E-state index contributed by atoms with van der Waals surface area (Å²) in [6.45, 7) is 84.5. The topological polar surface area (TPSA) is 0 Å². The minimum Gasteiger partial charge on any atom is -0.247 e. The van der Waals surface area contributed by atoms with E-state index in [2.05, 4.69) is 132 Å². The zero-order valence-corrected chi connectivity index (χ0v) is 78.3.